The zero-order valence-electron chi connectivity index (χ0n) is 10.3. The molecule has 1 saturated heterocycles. The van der Waals surface area contributed by atoms with Crippen molar-refractivity contribution in [1.29, 1.82) is 5.26 Å². The quantitative estimate of drug-likeness (QED) is 0.844. The van der Waals surface area contributed by atoms with Crippen LogP contribution < -0.4 is 10.2 Å². The van der Waals surface area contributed by atoms with Gasteiger partial charge in [-0.15, -0.1) is 0 Å². The molecule has 1 fully saturated rings. The Morgan fingerprint density at radius 1 is 1.53 bits per heavy atom. The maximum atomic E-state index is 8.80. The molecule has 1 atom stereocenters. The zero-order chi connectivity index (χ0) is 12.1. The lowest BCUT2D eigenvalue weighted by Crippen LogP contribution is -2.37. The van der Waals surface area contributed by atoms with E-state index in [0.29, 0.717) is 12.5 Å². The van der Waals surface area contributed by atoms with E-state index in [-0.39, 0.29) is 0 Å². The van der Waals surface area contributed by atoms with Crippen molar-refractivity contribution in [3.8, 4) is 6.07 Å². The molecule has 0 amide bonds. The van der Waals surface area contributed by atoms with E-state index in [1.807, 2.05) is 0 Å². The number of hydrogen-bond donors (Lipinski definition) is 1. The van der Waals surface area contributed by atoms with E-state index in [1.54, 1.807) is 0 Å². The highest BCUT2D eigenvalue weighted by molar-refractivity contribution is 5.48. The Labute approximate surface area is 103 Å². The first kappa shape index (κ1) is 11.9. The molecule has 0 saturated carbocycles. The van der Waals surface area contributed by atoms with Crippen molar-refractivity contribution in [2.75, 3.05) is 24.5 Å². The van der Waals surface area contributed by atoms with Crippen LogP contribution in [0.1, 0.15) is 18.4 Å². The Morgan fingerprint density at radius 3 is 3.18 bits per heavy atom. The topological polar surface area (TPSA) is 39.1 Å². The Balaban J connectivity index is 2.11. The number of rotatable bonds is 2. The van der Waals surface area contributed by atoms with Crippen LogP contribution in [0.25, 0.3) is 0 Å². The molecule has 1 N–H and O–H groups in total. The fourth-order valence-electron chi connectivity index (χ4n) is 2.30. The summed E-state index contributed by atoms with van der Waals surface area (Å²) in [5.41, 5.74) is 2.56. The molecule has 1 unspecified atom stereocenters. The minimum atomic E-state index is 0.294. The SMILES string of the molecule is Cc1cccc(N2CCCNC(CC#N)C2)c1. The van der Waals surface area contributed by atoms with Gasteiger partial charge in [0.05, 0.1) is 12.5 Å². The average molecular weight is 229 g/mol. The number of nitriles is 1. The molecular weight excluding hydrogens is 210 g/mol. The minimum absolute atomic E-state index is 0.294. The Kier molecular flexibility index (Phi) is 4.00. The Bertz CT molecular complexity index is 408. The smallest absolute Gasteiger partial charge is 0.0638 e. The molecule has 1 heterocycles. The van der Waals surface area contributed by atoms with Crippen LogP contribution in [0.4, 0.5) is 5.69 Å². The summed E-state index contributed by atoms with van der Waals surface area (Å²) >= 11 is 0. The van der Waals surface area contributed by atoms with Crippen molar-refractivity contribution in [3.63, 3.8) is 0 Å². The lowest BCUT2D eigenvalue weighted by molar-refractivity contribution is 0.552. The lowest BCUT2D eigenvalue weighted by atomic mass is 10.1. The summed E-state index contributed by atoms with van der Waals surface area (Å²) in [6.07, 6.45) is 1.72. The second-order valence-electron chi connectivity index (χ2n) is 4.65. The lowest BCUT2D eigenvalue weighted by Gasteiger charge is -2.25. The fraction of sp³-hybridized carbons (Fsp3) is 0.500. The normalized spacial score (nSPS) is 20.7. The molecule has 1 aromatic rings. The molecule has 0 aliphatic carbocycles. The summed E-state index contributed by atoms with van der Waals surface area (Å²) in [4.78, 5) is 2.38. The van der Waals surface area contributed by atoms with E-state index in [0.717, 1.165) is 26.1 Å². The van der Waals surface area contributed by atoms with Crippen molar-refractivity contribution >= 4 is 5.69 Å². The maximum absolute atomic E-state index is 8.80. The number of nitrogens with one attached hydrogen (secondary N) is 1. The number of aryl methyl sites for hydroxylation is 1. The first-order valence-electron chi connectivity index (χ1n) is 6.21. The van der Waals surface area contributed by atoms with E-state index >= 15 is 0 Å². The van der Waals surface area contributed by atoms with Crippen LogP contribution in [0.3, 0.4) is 0 Å². The molecule has 3 heteroatoms. The van der Waals surface area contributed by atoms with Crippen LogP contribution in [0, 0.1) is 18.3 Å². The molecule has 17 heavy (non-hydrogen) atoms. The summed E-state index contributed by atoms with van der Waals surface area (Å²) in [7, 11) is 0. The van der Waals surface area contributed by atoms with E-state index in [2.05, 4.69) is 47.5 Å². The first-order chi connectivity index (χ1) is 8.29. The van der Waals surface area contributed by atoms with Crippen LogP contribution in [-0.2, 0) is 0 Å². The van der Waals surface area contributed by atoms with Crippen LogP contribution in [-0.4, -0.2) is 25.7 Å². The van der Waals surface area contributed by atoms with Crippen molar-refractivity contribution < 1.29 is 0 Å². The first-order valence-corrected chi connectivity index (χ1v) is 6.21. The zero-order valence-corrected chi connectivity index (χ0v) is 10.3. The predicted octanol–water partition coefficient (Wildman–Crippen LogP) is 2.08. The second kappa shape index (κ2) is 5.70. The van der Waals surface area contributed by atoms with E-state index in [9.17, 15) is 0 Å². The molecule has 3 nitrogen and oxygen atoms in total. The molecule has 0 radical (unpaired) electrons. The summed E-state index contributed by atoms with van der Waals surface area (Å²) in [6.45, 7) is 5.12. The van der Waals surface area contributed by atoms with E-state index in [4.69, 9.17) is 5.26 Å². The van der Waals surface area contributed by atoms with E-state index in [1.165, 1.54) is 11.3 Å². The molecule has 1 aliphatic heterocycles. The van der Waals surface area contributed by atoms with Crippen molar-refractivity contribution in [2.24, 2.45) is 0 Å². The maximum Gasteiger partial charge on any atom is 0.0638 e. The number of hydrogen-bond acceptors (Lipinski definition) is 3. The van der Waals surface area contributed by atoms with Crippen molar-refractivity contribution in [3.05, 3.63) is 29.8 Å². The Hall–Kier alpha value is -1.53. The standard InChI is InChI=1S/C14H19N3/c1-12-4-2-5-14(10-12)17-9-3-8-16-13(11-17)6-7-15/h2,4-5,10,13,16H,3,6,8-9,11H2,1H3. The molecule has 0 spiro atoms. The molecule has 0 aromatic heterocycles. The average Bonchev–Trinajstić information content (AvgIpc) is 2.55. The summed E-state index contributed by atoms with van der Waals surface area (Å²) in [5.74, 6) is 0. The van der Waals surface area contributed by atoms with Crippen molar-refractivity contribution in [1.82, 2.24) is 5.32 Å². The van der Waals surface area contributed by atoms with Gasteiger partial charge in [-0.1, -0.05) is 12.1 Å². The van der Waals surface area contributed by atoms with Gasteiger partial charge in [0.25, 0.3) is 0 Å². The summed E-state index contributed by atoms with van der Waals surface area (Å²) in [5, 5.41) is 12.2. The largest absolute Gasteiger partial charge is 0.370 e. The summed E-state index contributed by atoms with van der Waals surface area (Å²) in [6, 6.07) is 11.1. The third-order valence-electron chi connectivity index (χ3n) is 3.18. The van der Waals surface area contributed by atoms with Gasteiger partial charge in [-0.3, -0.25) is 0 Å². The van der Waals surface area contributed by atoms with Gasteiger partial charge < -0.3 is 10.2 Å². The second-order valence-corrected chi connectivity index (χ2v) is 4.65. The number of anilines is 1. The van der Waals surface area contributed by atoms with Crippen LogP contribution in [0.15, 0.2) is 24.3 Å². The molecule has 1 aromatic carbocycles. The van der Waals surface area contributed by atoms with Gasteiger partial charge in [0, 0.05) is 24.8 Å². The highest BCUT2D eigenvalue weighted by atomic mass is 15.2. The molecule has 0 bridgehead atoms. The van der Waals surface area contributed by atoms with Crippen LogP contribution in [0.5, 0.6) is 0 Å². The van der Waals surface area contributed by atoms with Gasteiger partial charge in [-0.2, -0.15) is 5.26 Å². The van der Waals surface area contributed by atoms with Gasteiger partial charge in [-0.05, 0) is 37.6 Å². The third kappa shape index (κ3) is 3.21. The van der Waals surface area contributed by atoms with Gasteiger partial charge >= 0.3 is 0 Å². The highest BCUT2D eigenvalue weighted by Crippen LogP contribution is 2.18. The van der Waals surface area contributed by atoms with Gasteiger partial charge in [0.15, 0.2) is 0 Å². The molecule has 2 rings (SSSR count). The predicted molar refractivity (Wildman–Crippen MR) is 70.0 cm³/mol. The van der Waals surface area contributed by atoms with Crippen LogP contribution in [0.2, 0.25) is 0 Å². The molecule has 90 valence electrons. The molecular formula is C14H19N3. The number of benzene rings is 1. The van der Waals surface area contributed by atoms with E-state index < -0.39 is 0 Å². The van der Waals surface area contributed by atoms with Crippen LogP contribution >= 0.6 is 0 Å². The highest BCUT2D eigenvalue weighted by Gasteiger charge is 2.17. The fourth-order valence-corrected chi connectivity index (χ4v) is 2.30. The minimum Gasteiger partial charge on any atom is -0.370 e. The van der Waals surface area contributed by atoms with Gasteiger partial charge in [-0.25, -0.2) is 0 Å². The Morgan fingerprint density at radius 2 is 2.41 bits per heavy atom. The third-order valence-corrected chi connectivity index (χ3v) is 3.18. The number of nitrogens with zero attached hydrogens (tertiary/aromatic N) is 2. The summed E-state index contributed by atoms with van der Waals surface area (Å²) < 4.78 is 0. The van der Waals surface area contributed by atoms with Gasteiger partial charge in [0.2, 0.25) is 0 Å². The van der Waals surface area contributed by atoms with Crippen molar-refractivity contribution in [2.45, 2.75) is 25.8 Å². The monoisotopic (exact) mass is 229 g/mol. The molecule has 1 aliphatic rings. The van der Waals surface area contributed by atoms with Gasteiger partial charge in [0.1, 0.15) is 0 Å².